The standard InChI is InChI=1S/C28H20N2O/c1-31-21-15-16-22-23(18-21)27-28(30-17-9-8-14-24(30)29-27)26(20-12-6-3-7-13-20)25(22)19-10-4-2-5-11-19/h2-18H,1H3. The van der Waals surface area contributed by atoms with Crippen LogP contribution in [-0.2, 0) is 0 Å². The molecular formula is C28H20N2O. The third kappa shape index (κ3) is 2.71. The van der Waals surface area contributed by atoms with Crippen LogP contribution in [0.5, 0.6) is 5.75 Å². The molecule has 31 heavy (non-hydrogen) atoms. The van der Waals surface area contributed by atoms with E-state index in [4.69, 9.17) is 9.72 Å². The van der Waals surface area contributed by atoms with Gasteiger partial charge in [-0.3, -0.25) is 4.40 Å². The summed E-state index contributed by atoms with van der Waals surface area (Å²) >= 11 is 0. The molecule has 0 atom stereocenters. The minimum Gasteiger partial charge on any atom is -0.497 e. The van der Waals surface area contributed by atoms with Crippen molar-refractivity contribution in [3.8, 4) is 28.0 Å². The molecule has 0 bridgehead atoms. The van der Waals surface area contributed by atoms with Crippen LogP contribution in [0.2, 0.25) is 0 Å². The van der Waals surface area contributed by atoms with Crippen LogP contribution in [0.3, 0.4) is 0 Å². The molecule has 2 heterocycles. The zero-order valence-electron chi connectivity index (χ0n) is 17.1. The summed E-state index contributed by atoms with van der Waals surface area (Å²) in [5.41, 5.74) is 7.80. The van der Waals surface area contributed by atoms with Gasteiger partial charge in [0, 0.05) is 17.1 Å². The number of benzene rings is 4. The number of imidazole rings is 1. The highest BCUT2D eigenvalue weighted by molar-refractivity contribution is 6.20. The van der Waals surface area contributed by atoms with E-state index < -0.39 is 0 Å². The smallest absolute Gasteiger partial charge is 0.137 e. The molecule has 0 fully saturated rings. The average Bonchev–Trinajstić information content (AvgIpc) is 3.23. The third-order valence-corrected chi connectivity index (χ3v) is 5.89. The van der Waals surface area contributed by atoms with Crippen molar-refractivity contribution in [1.29, 1.82) is 0 Å². The van der Waals surface area contributed by atoms with E-state index in [-0.39, 0.29) is 0 Å². The van der Waals surface area contributed by atoms with Gasteiger partial charge in [-0.05, 0) is 52.4 Å². The fourth-order valence-corrected chi connectivity index (χ4v) is 4.53. The molecule has 6 rings (SSSR count). The summed E-state index contributed by atoms with van der Waals surface area (Å²) in [6, 6.07) is 33.7. The molecule has 148 valence electrons. The summed E-state index contributed by atoms with van der Waals surface area (Å²) in [5, 5.41) is 2.26. The van der Waals surface area contributed by atoms with E-state index in [0.29, 0.717) is 0 Å². The van der Waals surface area contributed by atoms with Crippen LogP contribution in [0, 0.1) is 0 Å². The van der Waals surface area contributed by atoms with Gasteiger partial charge in [0.2, 0.25) is 0 Å². The zero-order chi connectivity index (χ0) is 20.8. The molecule has 0 aliphatic heterocycles. The number of methoxy groups -OCH3 is 1. The molecule has 0 amide bonds. The van der Waals surface area contributed by atoms with Crippen molar-refractivity contribution < 1.29 is 4.74 Å². The first-order valence-electron chi connectivity index (χ1n) is 10.4. The van der Waals surface area contributed by atoms with Gasteiger partial charge in [0.25, 0.3) is 0 Å². The second-order valence-electron chi connectivity index (χ2n) is 7.63. The largest absolute Gasteiger partial charge is 0.497 e. The van der Waals surface area contributed by atoms with E-state index in [1.807, 2.05) is 12.1 Å². The first-order chi connectivity index (χ1) is 15.3. The van der Waals surface area contributed by atoms with Crippen molar-refractivity contribution in [1.82, 2.24) is 9.38 Å². The highest BCUT2D eigenvalue weighted by atomic mass is 16.5. The third-order valence-electron chi connectivity index (χ3n) is 5.89. The van der Waals surface area contributed by atoms with E-state index in [9.17, 15) is 0 Å². The quantitative estimate of drug-likeness (QED) is 0.320. The highest BCUT2D eigenvalue weighted by Gasteiger charge is 2.21. The Morgan fingerprint density at radius 1 is 0.677 bits per heavy atom. The lowest BCUT2D eigenvalue weighted by Crippen LogP contribution is -1.94. The van der Waals surface area contributed by atoms with E-state index >= 15 is 0 Å². The molecule has 6 aromatic rings. The molecule has 3 nitrogen and oxygen atoms in total. The van der Waals surface area contributed by atoms with Gasteiger partial charge in [0.1, 0.15) is 11.4 Å². The van der Waals surface area contributed by atoms with Crippen LogP contribution in [-0.4, -0.2) is 16.5 Å². The van der Waals surface area contributed by atoms with Crippen LogP contribution < -0.4 is 4.74 Å². The first-order valence-corrected chi connectivity index (χ1v) is 10.4. The molecule has 0 spiro atoms. The van der Waals surface area contributed by atoms with Gasteiger partial charge in [0.15, 0.2) is 0 Å². The number of ether oxygens (including phenoxy) is 1. The predicted octanol–water partition coefficient (Wildman–Crippen LogP) is 6.98. The Labute approximate surface area is 180 Å². The molecule has 0 aliphatic carbocycles. The summed E-state index contributed by atoms with van der Waals surface area (Å²) in [5.74, 6) is 0.831. The highest BCUT2D eigenvalue weighted by Crippen LogP contribution is 2.45. The van der Waals surface area contributed by atoms with Gasteiger partial charge in [-0.25, -0.2) is 4.98 Å². The van der Waals surface area contributed by atoms with E-state index in [0.717, 1.165) is 27.8 Å². The number of hydrogen-bond donors (Lipinski definition) is 0. The topological polar surface area (TPSA) is 26.5 Å². The van der Waals surface area contributed by atoms with E-state index in [2.05, 4.69) is 95.5 Å². The maximum Gasteiger partial charge on any atom is 0.137 e. The van der Waals surface area contributed by atoms with Gasteiger partial charge in [-0.15, -0.1) is 0 Å². The van der Waals surface area contributed by atoms with Crippen molar-refractivity contribution >= 4 is 27.5 Å². The Morgan fingerprint density at radius 3 is 2.06 bits per heavy atom. The first kappa shape index (κ1) is 17.7. The summed E-state index contributed by atoms with van der Waals surface area (Å²) in [4.78, 5) is 5.05. The second-order valence-corrected chi connectivity index (χ2v) is 7.63. The van der Waals surface area contributed by atoms with Crippen molar-refractivity contribution in [2.75, 3.05) is 7.11 Å². The molecule has 0 N–H and O–H groups in total. The molecule has 0 saturated heterocycles. The van der Waals surface area contributed by atoms with Crippen molar-refractivity contribution in [2.45, 2.75) is 0 Å². The number of hydrogen-bond acceptors (Lipinski definition) is 2. The van der Waals surface area contributed by atoms with Crippen LogP contribution >= 0.6 is 0 Å². The van der Waals surface area contributed by atoms with E-state index in [1.165, 1.54) is 27.6 Å². The summed E-state index contributed by atoms with van der Waals surface area (Å²) in [7, 11) is 1.71. The molecule has 4 aromatic carbocycles. The van der Waals surface area contributed by atoms with Gasteiger partial charge in [0.05, 0.1) is 18.1 Å². The minimum absolute atomic E-state index is 0.831. The zero-order valence-corrected chi connectivity index (χ0v) is 17.1. The summed E-state index contributed by atoms with van der Waals surface area (Å²) in [6.45, 7) is 0. The SMILES string of the molecule is COc1ccc2c(-c3ccccc3)c(-c3ccccc3)c3c(nc4ccccn43)c2c1. The Hall–Kier alpha value is -4.11. The Kier molecular flexibility index (Phi) is 4.00. The Bertz CT molecular complexity index is 1550. The second kappa shape index (κ2) is 6.99. The Balaban J connectivity index is 1.93. The van der Waals surface area contributed by atoms with Crippen LogP contribution in [0.15, 0.2) is 103 Å². The Morgan fingerprint density at radius 2 is 1.35 bits per heavy atom. The van der Waals surface area contributed by atoms with Crippen molar-refractivity contribution in [3.05, 3.63) is 103 Å². The molecule has 0 unspecified atom stereocenters. The number of nitrogens with zero attached hydrogens (tertiary/aromatic N) is 2. The lowest BCUT2D eigenvalue weighted by atomic mass is 9.88. The van der Waals surface area contributed by atoms with E-state index in [1.54, 1.807) is 7.11 Å². The maximum atomic E-state index is 5.57. The van der Waals surface area contributed by atoms with Gasteiger partial charge in [-0.2, -0.15) is 0 Å². The molecule has 0 radical (unpaired) electrons. The number of rotatable bonds is 3. The number of aromatic nitrogens is 2. The molecule has 0 saturated carbocycles. The average molecular weight is 400 g/mol. The van der Waals surface area contributed by atoms with Crippen LogP contribution in [0.1, 0.15) is 0 Å². The van der Waals surface area contributed by atoms with Gasteiger partial charge < -0.3 is 4.74 Å². The van der Waals surface area contributed by atoms with Gasteiger partial charge >= 0.3 is 0 Å². The van der Waals surface area contributed by atoms with Crippen LogP contribution in [0.25, 0.3) is 49.7 Å². The van der Waals surface area contributed by atoms with Crippen molar-refractivity contribution in [3.63, 3.8) is 0 Å². The van der Waals surface area contributed by atoms with Gasteiger partial charge in [-0.1, -0.05) is 66.7 Å². The number of pyridine rings is 1. The molecule has 3 heteroatoms. The molecule has 0 aliphatic rings. The fraction of sp³-hybridized carbons (Fsp3) is 0.0357. The molecule has 2 aromatic heterocycles. The maximum absolute atomic E-state index is 5.57. The summed E-state index contributed by atoms with van der Waals surface area (Å²) in [6.07, 6.45) is 2.10. The predicted molar refractivity (Wildman–Crippen MR) is 128 cm³/mol. The molecular weight excluding hydrogens is 380 g/mol. The van der Waals surface area contributed by atoms with Crippen LogP contribution in [0.4, 0.5) is 0 Å². The fourth-order valence-electron chi connectivity index (χ4n) is 4.53. The minimum atomic E-state index is 0.831. The van der Waals surface area contributed by atoms with Crippen molar-refractivity contribution in [2.24, 2.45) is 0 Å². The number of fused-ring (bicyclic) bond motifs is 5. The lowest BCUT2D eigenvalue weighted by molar-refractivity contribution is 0.415. The monoisotopic (exact) mass is 400 g/mol. The summed E-state index contributed by atoms with van der Waals surface area (Å²) < 4.78 is 7.77. The normalized spacial score (nSPS) is 11.4. The lowest BCUT2D eigenvalue weighted by Gasteiger charge is -2.17.